The fraction of sp³-hybridized carbons (Fsp3) is 0.300. The largest absolute Gasteiger partial charge is 0.492 e. The Labute approximate surface area is 77.7 Å². The van der Waals surface area contributed by atoms with Gasteiger partial charge in [-0.2, -0.15) is 0 Å². The molecule has 0 aliphatic heterocycles. The van der Waals surface area contributed by atoms with Crippen LogP contribution in [0.3, 0.4) is 0 Å². The first kappa shape index (κ1) is 9.58. The molecule has 0 unspecified atom stereocenters. The van der Waals surface area contributed by atoms with Gasteiger partial charge in [-0.25, -0.2) is 0 Å². The van der Waals surface area contributed by atoms with Crippen molar-refractivity contribution in [1.29, 1.82) is 0 Å². The Morgan fingerprint density at radius 1 is 1.46 bits per heavy atom. The summed E-state index contributed by atoms with van der Waals surface area (Å²) in [4.78, 5) is 10.1. The Kier molecular flexibility index (Phi) is 3.82. The molecule has 0 fully saturated rings. The molecule has 0 amide bonds. The first-order valence-corrected chi connectivity index (χ1v) is 4.27. The van der Waals surface area contributed by atoms with Crippen molar-refractivity contribution in [2.75, 3.05) is 18.5 Å². The van der Waals surface area contributed by atoms with Gasteiger partial charge >= 0.3 is 0 Å². The van der Waals surface area contributed by atoms with Gasteiger partial charge in [0.1, 0.15) is 12.0 Å². The van der Waals surface area contributed by atoms with Crippen molar-refractivity contribution in [2.45, 2.75) is 6.92 Å². The van der Waals surface area contributed by atoms with E-state index >= 15 is 0 Å². The molecule has 0 bridgehead atoms. The molecule has 0 aromatic heterocycles. The van der Waals surface area contributed by atoms with E-state index in [-0.39, 0.29) is 0 Å². The minimum atomic E-state index is 0.310. The van der Waals surface area contributed by atoms with Crippen LogP contribution in [0.25, 0.3) is 0 Å². The third-order valence-electron chi connectivity index (χ3n) is 1.56. The molecule has 3 nitrogen and oxygen atoms in total. The van der Waals surface area contributed by atoms with Crippen LogP contribution in [0.5, 0.6) is 5.75 Å². The molecule has 1 N–H and O–H groups in total. The lowest BCUT2D eigenvalue weighted by Crippen LogP contribution is -2.04. The standard InChI is InChI=1S/C10H13NO2/c1-2-13-10-6-4-3-5-9(10)11-7-8-12/h3-6,8,11H,2,7H2,1H3. The smallest absolute Gasteiger partial charge is 0.142 e. The number of ether oxygens (including phenoxy) is 1. The Bertz CT molecular complexity index is 273. The normalized spacial score (nSPS) is 9.31. The number of benzene rings is 1. The van der Waals surface area contributed by atoms with Gasteiger partial charge < -0.3 is 14.8 Å². The average Bonchev–Trinajstić information content (AvgIpc) is 2.17. The lowest BCUT2D eigenvalue weighted by molar-refractivity contribution is -0.106. The average molecular weight is 179 g/mol. The monoisotopic (exact) mass is 179 g/mol. The molecule has 0 atom stereocenters. The highest BCUT2D eigenvalue weighted by Gasteiger charge is 1.99. The summed E-state index contributed by atoms with van der Waals surface area (Å²) >= 11 is 0. The zero-order valence-corrected chi connectivity index (χ0v) is 7.62. The third kappa shape index (κ3) is 2.78. The maximum atomic E-state index is 10.1. The van der Waals surface area contributed by atoms with Crippen LogP contribution in [0.15, 0.2) is 24.3 Å². The van der Waals surface area contributed by atoms with E-state index < -0.39 is 0 Å². The van der Waals surface area contributed by atoms with Crippen LogP contribution in [-0.4, -0.2) is 19.4 Å². The number of nitrogens with one attached hydrogen (secondary N) is 1. The highest BCUT2D eigenvalue weighted by atomic mass is 16.5. The topological polar surface area (TPSA) is 38.3 Å². The van der Waals surface area contributed by atoms with Gasteiger partial charge in [0.15, 0.2) is 0 Å². The van der Waals surface area contributed by atoms with E-state index in [9.17, 15) is 4.79 Å². The summed E-state index contributed by atoms with van der Waals surface area (Å²) in [6, 6.07) is 7.55. The lowest BCUT2D eigenvalue weighted by Gasteiger charge is -2.09. The molecule has 3 heteroatoms. The minimum absolute atomic E-state index is 0.310. The van der Waals surface area contributed by atoms with Crippen molar-refractivity contribution in [3.63, 3.8) is 0 Å². The number of anilines is 1. The van der Waals surface area contributed by atoms with Gasteiger partial charge in [0.2, 0.25) is 0 Å². The predicted molar refractivity (Wildman–Crippen MR) is 52.2 cm³/mol. The molecule has 0 radical (unpaired) electrons. The fourth-order valence-electron chi connectivity index (χ4n) is 1.05. The number of carbonyl (C=O) groups excluding carboxylic acids is 1. The van der Waals surface area contributed by atoms with E-state index in [0.29, 0.717) is 13.2 Å². The number of rotatable bonds is 5. The van der Waals surface area contributed by atoms with Crippen molar-refractivity contribution >= 4 is 12.0 Å². The SMILES string of the molecule is CCOc1ccccc1NCC=O. The highest BCUT2D eigenvalue weighted by Crippen LogP contribution is 2.22. The Balaban J connectivity index is 2.71. The number of hydrogen-bond acceptors (Lipinski definition) is 3. The zero-order valence-electron chi connectivity index (χ0n) is 7.62. The summed E-state index contributed by atoms with van der Waals surface area (Å²) in [7, 11) is 0. The number of hydrogen-bond donors (Lipinski definition) is 1. The fourth-order valence-corrected chi connectivity index (χ4v) is 1.05. The predicted octanol–water partition coefficient (Wildman–Crippen LogP) is 1.70. The molecular weight excluding hydrogens is 166 g/mol. The van der Waals surface area contributed by atoms with Gasteiger partial charge in [-0.05, 0) is 19.1 Å². The molecule has 1 rings (SSSR count). The molecule has 0 saturated carbocycles. The molecule has 0 heterocycles. The Hall–Kier alpha value is -1.51. The highest BCUT2D eigenvalue weighted by molar-refractivity contribution is 5.63. The van der Waals surface area contributed by atoms with E-state index in [1.807, 2.05) is 31.2 Å². The summed E-state index contributed by atoms with van der Waals surface area (Å²) < 4.78 is 5.36. The van der Waals surface area contributed by atoms with E-state index in [0.717, 1.165) is 17.7 Å². The summed E-state index contributed by atoms with van der Waals surface area (Å²) in [6.07, 6.45) is 0.822. The van der Waals surface area contributed by atoms with E-state index in [2.05, 4.69) is 5.32 Å². The van der Waals surface area contributed by atoms with Crippen LogP contribution >= 0.6 is 0 Å². The van der Waals surface area contributed by atoms with E-state index in [4.69, 9.17) is 4.74 Å². The van der Waals surface area contributed by atoms with E-state index in [1.54, 1.807) is 0 Å². The van der Waals surface area contributed by atoms with Crippen LogP contribution in [-0.2, 0) is 4.79 Å². The van der Waals surface area contributed by atoms with Crippen LogP contribution < -0.4 is 10.1 Å². The molecule has 0 aliphatic rings. The van der Waals surface area contributed by atoms with Crippen LogP contribution in [0.4, 0.5) is 5.69 Å². The second kappa shape index (κ2) is 5.19. The third-order valence-corrected chi connectivity index (χ3v) is 1.56. The quantitative estimate of drug-likeness (QED) is 0.699. The van der Waals surface area contributed by atoms with Crippen molar-refractivity contribution in [3.05, 3.63) is 24.3 Å². The maximum absolute atomic E-state index is 10.1. The molecule has 1 aromatic rings. The number of aldehydes is 1. The second-order valence-corrected chi connectivity index (χ2v) is 2.48. The summed E-state index contributed by atoms with van der Waals surface area (Å²) in [6.45, 7) is 2.86. The van der Waals surface area contributed by atoms with Crippen molar-refractivity contribution < 1.29 is 9.53 Å². The zero-order chi connectivity index (χ0) is 9.52. The van der Waals surface area contributed by atoms with Gasteiger partial charge in [0, 0.05) is 0 Å². The van der Waals surface area contributed by atoms with Crippen LogP contribution in [0, 0.1) is 0 Å². The van der Waals surface area contributed by atoms with Gasteiger partial charge in [-0.1, -0.05) is 12.1 Å². The molecule has 0 saturated heterocycles. The van der Waals surface area contributed by atoms with Crippen LogP contribution in [0.1, 0.15) is 6.92 Å². The molecule has 0 aliphatic carbocycles. The molecule has 0 spiro atoms. The van der Waals surface area contributed by atoms with Crippen LogP contribution in [0.2, 0.25) is 0 Å². The van der Waals surface area contributed by atoms with Gasteiger partial charge in [0.05, 0.1) is 18.8 Å². The van der Waals surface area contributed by atoms with Gasteiger partial charge in [0.25, 0.3) is 0 Å². The minimum Gasteiger partial charge on any atom is -0.492 e. The molecule has 1 aromatic carbocycles. The molecular formula is C10H13NO2. The van der Waals surface area contributed by atoms with Crippen molar-refractivity contribution in [3.8, 4) is 5.75 Å². The van der Waals surface area contributed by atoms with Crippen molar-refractivity contribution in [2.24, 2.45) is 0 Å². The molecule has 13 heavy (non-hydrogen) atoms. The lowest BCUT2D eigenvalue weighted by atomic mass is 10.3. The van der Waals surface area contributed by atoms with Gasteiger partial charge in [-0.15, -0.1) is 0 Å². The summed E-state index contributed by atoms with van der Waals surface area (Å²) in [5, 5.41) is 2.95. The summed E-state index contributed by atoms with van der Waals surface area (Å²) in [5.74, 6) is 0.784. The first-order valence-electron chi connectivity index (χ1n) is 4.27. The van der Waals surface area contributed by atoms with Crippen molar-refractivity contribution in [1.82, 2.24) is 0 Å². The number of carbonyl (C=O) groups is 1. The van der Waals surface area contributed by atoms with E-state index in [1.165, 1.54) is 0 Å². The van der Waals surface area contributed by atoms with Gasteiger partial charge in [-0.3, -0.25) is 0 Å². The molecule has 70 valence electrons. The maximum Gasteiger partial charge on any atom is 0.142 e. The second-order valence-electron chi connectivity index (χ2n) is 2.48. The Morgan fingerprint density at radius 2 is 2.23 bits per heavy atom. The Morgan fingerprint density at radius 3 is 2.92 bits per heavy atom. The summed E-state index contributed by atoms with van der Waals surface area (Å²) in [5.41, 5.74) is 0.858. The number of para-hydroxylation sites is 2. The first-order chi connectivity index (χ1) is 6.38.